The molecule has 7 heteroatoms. The Bertz CT molecular complexity index is 313. The minimum atomic E-state index is -1.23. The highest BCUT2D eigenvalue weighted by Crippen LogP contribution is 2.16. The van der Waals surface area contributed by atoms with Crippen LogP contribution in [0.1, 0.15) is 11.0 Å². The summed E-state index contributed by atoms with van der Waals surface area (Å²) in [6.07, 6.45) is -3.35. The molecule has 0 fully saturated rings. The standard InChI is InChI=1S/C12H25NO6/c1-8(15)13(2)9(6-14)11(18-4)12(19-5)10(16)7-17-3/h9-12,14,16H,6-7H2,1-5H3/t9-,10+,11+,12+/m0/s1/i3D,4D,5D. The van der Waals surface area contributed by atoms with Crippen molar-refractivity contribution in [1.29, 1.82) is 0 Å². The van der Waals surface area contributed by atoms with E-state index in [4.69, 9.17) is 18.3 Å². The third-order valence-corrected chi connectivity index (χ3v) is 2.94. The van der Waals surface area contributed by atoms with Gasteiger partial charge in [-0.15, -0.1) is 0 Å². The second-order valence-electron chi connectivity index (χ2n) is 4.08. The fraction of sp³-hybridized carbons (Fsp3) is 0.917. The molecule has 0 saturated carbocycles. The van der Waals surface area contributed by atoms with Crippen LogP contribution in [0.25, 0.3) is 0 Å². The molecule has 0 radical (unpaired) electrons. The number of aliphatic hydroxyl groups excluding tert-OH is 2. The van der Waals surface area contributed by atoms with Crippen molar-refractivity contribution in [2.24, 2.45) is 0 Å². The van der Waals surface area contributed by atoms with Gasteiger partial charge in [0, 0.05) is 35.2 Å². The molecule has 19 heavy (non-hydrogen) atoms. The van der Waals surface area contributed by atoms with Crippen LogP contribution in [0.15, 0.2) is 0 Å². The molecule has 0 saturated heterocycles. The third kappa shape index (κ3) is 5.04. The SMILES string of the molecule is [2H]COC[C@@H](O)[C@@H](OC[2H])[C@H](OC[2H])[C@H](CO)N(C)C(C)=O. The topological polar surface area (TPSA) is 88.5 Å². The van der Waals surface area contributed by atoms with Crippen LogP contribution in [0, 0.1) is 0 Å². The summed E-state index contributed by atoms with van der Waals surface area (Å²) in [6.45, 7) is 0.610. The van der Waals surface area contributed by atoms with Crippen LogP contribution < -0.4 is 0 Å². The molecule has 0 rings (SSSR count). The highest BCUT2D eigenvalue weighted by Gasteiger charge is 2.37. The van der Waals surface area contributed by atoms with Crippen LogP contribution in [-0.2, 0) is 19.0 Å². The molecule has 0 bridgehead atoms. The van der Waals surface area contributed by atoms with Gasteiger partial charge in [-0.1, -0.05) is 0 Å². The zero-order valence-corrected chi connectivity index (χ0v) is 11.3. The zero-order chi connectivity index (χ0) is 17.1. The smallest absolute Gasteiger partial charge is 0.219 e. The molecule has 2 N–H and O–H groups in total. The van der Waals surface area contributed by atoms with Crippen LogP contribution in [-0.4, -0.2) is 86.9 Å². The summed E-state index contributed by atoms with van der Waals surface area (Å²) < 4.78 is 36.4. The lowest BCUT2D eigenvalue weighted by Crippen LogP contribution is -2.56. The van der Waals surface area contributed by atoms with E-state index in [2.05, 4.69) is 0 Å². The van der Waals surface area contributed by atoms with Crippen molar-refractivity contribution < 1.29 is 33.3 Å². The van der Waals surface area contributed by atoms with E-state index in [1.165, 1.54) is 18.9 Å². The average Bonchev–Trinajstić information content (AvgIpc) is 2.49. The van der Waals surface area contributed by atoms with Crippen LogP contribution >= 0.6 is 0 Å². The van der Waals surface area contributed by atoms with Crippen molar-refractivity contribution in [3.05, 3.63) is 0 Å². The summed E-state index contributed by atoms with van der Waals surface area (Å²) >= 11 is 0. The summed E-state index contributed by atoms with van der Waals surface area (Å²) in [5, 5.41) is 19.6. The lowest BCUT2D eigenvalue weighted by molar-refractivity contribution is -0.151. The van der Waals surface area contributed by atoms with E-state index < -0.39 is 45.1 Å². The average molecular weight is 282 g/mol. The number of likely N-dealkylation sites (N-methyl/N-ethyl adjacent to an activating group) is 1. The molecule has 0 spiro atoms. The van der Waals surface area contributed by atoms with E-state index in [9.17, 15) is 15.0 Å². The van der Waals surface area contributed by atoms with Gasteiger partial charge in [0.2, 0.25) is 5.91 Å². The molecule has 7 nitrogen and oxygen atoms in total. The predicted octanol–water partition coefficient (Wildman–Crippen LogP) is -1.14. The fourth-order valence-electron chi connectivity index (χ4n) is 1.75. The van der Waals surface area contributed by atoms with Gasteiger partial charge < -0.3 is 29.3 Å². The number of rotatable bonds is 9. The molecule has 0 unspecified atom stereocenters. The van der Waals surface area contributed by atoms with Gasteiger partial charge in [0.15, 0.2) is 0 Å². The summed E-state index contributed by atoms with van der Waals surface area (Å²) in [5.74, 6) is -0.334. The van der Waals surface area contributed by atoms with Crippen LogP contribution in [0.3, 0.4) is 0 Å². The molecule has 4 atom stereocenters. The van der Waals surface area contributed by atoms with Crippen LogP contribution in [0.5, 0.6) is 0 Å². The number of ether oxygens (including phenoxy) is 3. The van der Waals surface area contributed by atoms with E-state index in [1.54, 1.807) is 0 Å². The highest BCUT2D eigenvalue weighted by atomic mass is 16.5. The van der Waals surface area contributed by atoms with E-state index >= 15 is 0 Å². The lowest BCUT2D eigenvalue weighted by atomic mass is 10.00. The maximum absolute atomic E-state index is 11.5. The van der Waals surface area contributed by atoms with Gasteiger partial charge in [-0.2, -0.15) is 0 Å². The third-order valence-electron chi connectivity index (χ3n) is 2.94. The van der Waals surface area contributed by atoms with Crippen molar-refractivity contribution >= 4 is 5.91 Å². The molecule has 1 amide bonds. The van der Waals surface area contributed by atoms with E-state index in [0.29, 0.717) is 0 Å². The first kappa shape index (κ1) is 13.3. The lowest BCUT2D eigenvalue weighted by Gasteiger charge is -2.37. The number of aliphatic hydroxyl groups is 2. The minimum Gasteiger partial charge on any atom is -0.394 e. The van der Waals surface area contributed by atoms with Gasteiger partial charge in [-0.05, 0) is 0 Å². The molecule has 0 aromatic heterocycles. The first-order valence-electron chi connectivity index (χ1n) is 7.77. The van der Waals surface area contributed by atoms with Gasteiger partial charge in [-0.25, -0.2) is 0 Å². The van der Waals surface area contributed by atoms with Gasteiger partial charge in [0.1, 0.15) is 18.3 Å². The number of amides is 1. The van der Waals surface area contributed by atoms with E-state index in [1.807, 2.05) is 0 Å². The van der Waals surface area contributed by atoms with E-state index in [-0.39, 0.29) is 19.6 Å². The largest absolute Gasteiger partial charge is 0.394 e. The van der Waals surface area contributed by atoms with Crippen molar-refractivity contribution in [2.75, 3.05) is 41.5 Å². The van der Waals surface area contributed by atoms with Crippen molar-refractivity contribution in [3.63, 3.8) is 0 Å². The molecule has 0 aliphatic heterocycles. The van der Waals surface area contributed by atoms with Gasteiger partial charge in [0.25, 0.3) is 0 Å². The number of hydrogen-bond acceptors (Lipinski definition) is 6. The van der Waals surface area contributed by atoms with Gasteiger partial charge in [-0.3, -0.25) is 4.79 Å². The minimum absolute atomic E-state index is 0.228. The maximum atomic E-state index is 11.5. The number of hydrogen-bond donors (Lipinski definition) is 2. The second kappa shape index (κ2) is 9.22. The Morgan fingerprint density at radius 2 is 1.95 bits per heavy atom. The molecule has 0 aromatic carbocycles. The first-order valence-corrected chi connectivity index (χ1v) is 5.65. The van der Waals surface area contributed by atoms with Crippen molar-refractivity contribution in [3.8, 4) is 0 Å². The van der Waals surface area contributed by atoms with Crippen LogP contribution in [0.4, 0.5) is 0 Å². The van der Waals surface area contributed by atoms with Crippen molar-refractivity contribution in [1.82, 2.24) is 4.90 Å². The number of nitrogens with zero attached hydrogens (tertiary/aromatic N) is 1. The zero-order valence-electron chi connectivity index (χ0n) is 14.3. The Balaban J connectivity index is 5.27. The normalized spacial score (nSPS) is 19.7. The van der Waals surface area contributed by atoms with Gasteiger partial charge >= 0.3 is 0 Å². The molecule has 0 aromatic rings. The van der Waals surface area contributed by atoms with Crippen molar-refractivity contribution in [2.45, 2.75) is 31.3 Å². The Morgan fingerprint density at radius 1 is 1.32 bits per heavy atom. The monoisotopic (exact) mass is 282 g/mol. The quantitative estimate of drug-likeness (QED) is 0.556. The Kier molecular flexibility index (Phi) is 6.43. The predicted molar refractivity (Wildman–Crippen MR) is 68.8 cm³/mol. The molecule has 114 valence electrons. The van der Waals surface area contributed by atoms with E-state index in [0.717, 1.165) is 0 Å². The number of carbonyl (C=O) groups excluding carboxylic acids is 1. The summed E-state index contributed by atoms with van der Waals surface area (Å²) in [4.78, 5) is 12.7. The molecule has 0 aliphatic rings. The Morgan fingerprint density at radius 3 is 2.42 bits per heavy atom. The van der Waals surface area contributed by atoms with Crippen LogP contribution in [0.2, 0.25) is 0 Å². The Labute approximate surface area is 118 Å². The number of carbonyl (C=O) groups is 1. The summed E-state index contributed by atoms with van der Waals surface area (Å²) in [7, 11) is 0.137. The number of methoxy groups -OCH3 is 3. The first-order chi connectivity index (χ1) is 10.4. The maximum Gasteiger partial charge on any atom is 0.219 e. The second-order valence-corrected chi connectivity index (χ2v) is 4.08. The summed E-state index contributed by atoms with van der Waals surface area (Å²) in [5.41, 5.74) is 0. The molecule has 0 aliphatic carbocycles. The summed E-state index contributed by atoms with van der Waals surface area (Å²) in [6, 6.07) is -0.856. The fourth-order valence-corrected chi connectivity index (χ4v) is 1.75. The molecular formula is C12H25NO6. The highest BCUT2D eigenvalue weighted by molar-refractivity contribution is 5.73. The Hall–Kier alpha value is -0.730. The molecule has 0 heterocycles. The molecular weight excluding hydrogens is 254 g/mol. The van der Waals surface area contributed by atoms with Gasteiger partial charge in [0.05, 0.1) is 23.4 Å².